The molecule has 0 radical (unpaired) electrons. The molecule has 134 valence electrons. The molecule has 0 aliphatic carbocycles. The van der Waals surface area contributed by atoms with Crippen molar-refractivity contribution in [1.29, 1.82) is 0 Å². The number of thioether (sulfide) groups is 1. The molecule has 1 aromatic rings. The molecule has 0 bridgehead atoms. The van der Waals surface area contributed by atoms with E-state index in [-0.39, 0.29) is 11.5 Å². The lowest BCUT2D eigenvalue weighted by Gasteiger charge is -2.26. The molecule has 1 atom stereocenters. The molecule has 1 aliphatic rings. The van der Waals surface area contributed by atoms with Gasteiger partial charge in [0.25, 0.3) is 0 Å². The lowest BCUT2D eigenvalue weighted by Crippen LogP contribution is -2.20. The van der Waals surface area contributed by atoms with Crippen LogP contribution in [0.2, 0.25) is 5.02 Å². The minimum absolute atomic E-state index is 0.114. The Morgan fingerprint density at radius 1 is 1.08 bits per heavy atom. The summed E-state index contributed by atoms with van der Waals surface area (Å²) in [5, 5.41) is 2.34. The van der Waals surface area contributed by atoms with Crippen LogP contribution in [0, 0.1) is 0 Å². The third kappa shape index (κ3) is 4.61. The maximum atomic E-state index is 11.6. The second-order valence-corrected chi connectivity index (χ2v) is 5.87. The Hall–Kier alpha value is -2.32. The number of methoxy groups -OCH3 is 3. The van der Waals surface area contributed by atoms with Gasteiger partial charge in [-0.3, -0.25) is 0 Å². The van der Waals surface area contributed by atoms with Crippen molar-refractivity contribution in [2.24, 2.45) is 0 Å². The van der Waals surface area contributed by atoms with Gasteiger partial charge >= 0.3 is 12.3 Å². The molecule has 0 N–H and O–H groups in total. The summed E-state index contributed by atoms with van der Waals surface area (Å²) in [6.07, 6.45) is -1.84. The summed E-state index contributed by atoms with van der Waals surface area (Å²) in [4.78, 5) is 23.2. The van der Waals surface area contributed by atoms with Crippen molar-refractivity contribution in [3.63, 3.8) is 0 Å². The number of hydrogen-bond donors (Lipinski definition) is 0. The zero-order valence-corrected chi connectivity index (χ0v) is 15.2. The maximum Gasteiger partial charge on any atom is 0.513 e. The van der Waals surface area contributed by atoms with Gasteiger partial charge in [0.1, 0.15) is 11.7 Å². The predicted octanol–water partition coefficient (Wildman–Crippen LogP) is 4.39. The van der Waals surface area contributed by atoms with Gasteiger partial charge in [-0.05, 0) is 17.7 Å². The first-order valence-electron chi connectivity index (χ1n) is 6.92. The minimum Gasteiger partial charge on any atom is -0.487 e. The molecule has 0 saturated carbocycles. The Morgan fingerprint density at radius 3 is 2.36 bits per heavy atom. The zero-order chi connectivity index (χ0) is 18.4. The second-order valence-electron chi connectivity index (χ2n) is 4.59. The number of carbonyl (C=O) groups excluding carboxylic acids is 2. The summed E-state index contributed by atoms with van der Waals surface area (Å²) in [7, 11) is 3.80. The van der Waals surface area contributed by atoms with Crippen LogP contribution in [0.1, 0.15) is 11.5 Å². The van der Waals surface area contributed by atoms with Gasteiger partial charge in [0, 0.05) is 10.4 Å². The van der Waals surface area contributed by atoms with Gasteiger partial charge in [-0.2, -0.15) is 0 Å². The molecule has 0 amide bonds. The molecule has 0 spiro atoms. The average molecular weight is 387 g/mol. The SMILES string of the molecule is COC(=O)OC1=CSC(OC)=C(OC(=O)OC)C1c1cccc(Cl)c1. The van der Waals surface area contributed by atoms with Crippen molar-refractivity contribution < 1.29 is 33.3 Å². The van der Waals surface area contributed by atoms with E-state index in [0.29, 0.717) is 15.7 Å². The van der Waals surface area contributed by atoms with Crippen molar-refractivity contribution in [3.05, 3.63) is 56.9 Å². The largest absolute Gasteiger partial charge is 0.513 e. The van der Waals surface area contributed by atoms with Gasteiger partial charge in [-0.15, -0.1) is 0 Å². The molecule has 1 aromatic carbocycles. The van der Waals surface area contributed by atoms with E-state index in [0.717, 1.165) is 11.8 Å². The van der Waals surface area contributed by atoms with E-state index in [4.69, 9.17) is 25.8 Å². The van der Waals surface area contributed by atoms with E-state index in [1.807, 2.05) is 0 Å². The van der Waals surface area contributed by atoms with Crippen LogP contribution >= 0.6 is 23.4 Å². The van der Waals surface area contributed by atoms with Gasteiger partial charge in [-0.25, -0.2) is 9.59 Å². The molecule has 25 heavy (non-hydrogen) atoms. The Morgan fingerprint density at radius 2 is 1.76 bits per heavy atom. The third-order valence-corrected chi connectivity index (χ3v) is 4.29. The number of benzene rings is 1. The highest BCUT2D eigenvalue weighted by atomic mass is 35.5. The Bertz CT molecular complexity index is 729. The average Bonchev–Trinajstić information content (AvgIpc) is 2.61. The quantitative estimate of drug-likeness (QED) is 0.704. The van der Waals surface area contributed by atoms with E-state index in [2.05, 4.69) is 9.47 Å². The molecule has 0 fully saturated rings. The predicted molar refractivity (Wildman–Crippen MR) is 90.9 cm³/mol. The molecule has 2 rings (SSSR count). The van der Waals surface area contributed by atoms with E-state index < -0.39 is 18.2 Å². The van der Waals surface area contributed by atoms with Crippen molar-refractivity contribution in [2.75, 3.05) is 21.3 Å². The van der Waals surface area contributed by atoms with Gasteiger partial charge in [-0.1, -0.05) is 35.5 Å². The fourth-order valence-corrected chi connectivity index (χ4v) is 3.07. The van der Waals surface area contributed by atoms with Crippen LogP contribution in [0.25, 0.3) is 0 Å². The first kappa shape index (κ1) is 19.0. The Labute approximate surface area is 153 Å². The van der Waals surface area contributed by atoms with Crippen LogP contribution in [0.15, 0.2) is 46.3 Å². The van der Waals surface area contributed by atoms with Crippen LogP contribution in [0.4, 0.5) is 9.59 Å². The monoisotopic (exact) mass is 386 g/mol. The molecule has 9 heteroatoms. The fraction of sp³-hybridized carbons (Fsp3) is 0.250. The third-order valence-electron chi connectivity index (χ3n) is 3.13. The highest BCUT2D eigenvalue weighted by Gasteiger charge is 2.35. The molecule has 1 heterocycles. The first-order valence-corrected chi connectivity index (χ1v) is 8.17. The van der Waals surface area contributed by atoms with Gasteiger partial charge in [0.05, 0.1) is 21.3 Å². The number of halogens is 1. The highest BCUT2D eigenvalue weighted by Crippen LogP contribution is 2.44. The zero-order valence-electron chi connectivity index (χ0n) is 13.6. The first-order chi connectivity index (χ1) is 12.0. The summed E-state index contributed by atoms with van der Waals surface area (Å²) < 4.78 is 24.8. The van der Waals surface area contributed by atoms with E-state index in [9.17, 15) is 9.59 Å². The van der Waals surface area contributed by atoms with Gasteiger partial charge in [0.2, 0.25) is 0 Å². The van der Waals surface area contributed by atoms with Crippen molar-refractivity contribution in [2.45, 2.75) is 5.92 Å². The van der Waals surface area contributed by atoms with Crippen LogP contribution in [-0.4, -0.2) is 33.6 Å². The molecule has 0 saturated heterocycles. The summed E-state index contributed by atoms with van der Waals surface area (Å²) in [5.41, 5.74) is 0.622. The van der Waals surface area contributed by atoms with E-state index in [1.165, 1.54) is 21.3 Å². The molecule has 1 aliphatic heterocycles. The molecular formula is C16H15ClO7S. The van der Waals surface area contributed by atoms with Gasteiger partial charge < -0.3 is 23.7 Å². The van der Waals surface area contributed by atoms with E-state index >= 15 is 0 Å². The molecule has 0 aromatic heterocycles. The highest BCUT2D eigenvalue weighted by molar-refractivity contribution is 8.05. The number of carbonyl (C=O) groups is 2. The van der Waals surface area contributed by atoms with Crippen molar-refractivity contribution >= 4 is 35.7 Å². The summed E-state index contributed by atoms with van der Waals surface area (Å²) in [6.45, 7) is 0. The standard InChI is InChI=1S/C16H15ClO7S/c1-20-14-13(24-16(19)22-3)12(9-5-4-6-10(17)7-9)11(8-25-14)23-15(18)21-2/h4-8,12H,1-3H3. The normalized spacial score (nSPS) is 16.6. The number of ether oxygens (including phenoxy) is 5. The Kier molecular flexibility index (Phi) is 6.60. The molecule has 1 unspecified atom stereocenters. The summed E-state index contributed by atoms with van der Waals surface area (Å²) in [5.74, 6) is -0.449. The van der Waals surface area contributed by atoms with Crippen LogP contribution in [0.5, 0.6) is 0 Å². The number of rotatable bonds is 4. The maximum absolute atomic E-state index is 11.6. The van der Waals surface area contributed by atoms with Crippen LogP contribution in [-0.2, 0) is 23.7 Å². The van der Waals surface area contributed by atoms with Crippen molar-refractivity contribution in [1.82, 2.24) is 0 Å². The van der Waals surface area contributed by atoms with Gasteiger partial charge in [0.15, 0.2) is 10.9 Å². The Balaban J connectivity index is 2.51. The smallest absolute Gasteiger partial charge is 0.487 e. The summed E-state index contributed by atoms with van der Waals surface area (Å²) in [6, 6.07) is 6.81. The number of hydrogen-bond acceptors (Lipinski definition) is 8. The van der Waals surface area contributed by atoms with Crippen LogP contribution in [0.3, 0.4) is 0 Å². The molecule has 7 nitrogen and oxygen atoms in total. The molecular weight excluding hydrogens is 372 g/mol. The lowest BCUT2D eigenvalue weighted by molar-refractivity contribution is 0.0787. The topological polar surface area (TPSA) is 80.3 Å². The van der Waals surface area contributed by atoms with Crippen LogP contribution < -0.4 is 0 Å². The second kappa shape index (κ2) is 8.68. The fourth-order valence-electron chi connectivity index (χ4n) is 2.09. The minimum atomic E-state index is -0.934. The van der Waals surface area contributed by atoms with E-state index in [1.54, 1.807) is 29.7 Å². The lowest BCUT2D eigenvalue weighted by atomic mass is 9.95. The summed E-state index contributed by atoms with van der Waals surface area (Å²) >= 11 is 7.14. The van der Waals surface area contributed by atoms with Crippen molar-refractivity contribution in [3.8, 4) is 0 Å².